The highest BCUT2D eigenvalue weighted by atomic mass is 16.2. The number of anilines is 1. The van der Waals surface area contributed by atoms with E-state index in [1.54, 1.807) is 0 Å². The molecule has 1 amide bonds. The Hall–Kier alpha value is -1.35. The zero-order valence-electron chi connectivity index (χ0n) is 8.66. The van der Waals surface area contributed by atoms with Crippen molar-refractivity contribution in [3.05, 3.63) is 30.3 Å². The first-order valence-electron chi connectivity index (χ1n) is 4.80. The highest BCUT2D eigenvalue weighted by molar-refractivity contribution is 5.93. The van der Waals surface area contributed by atoms with Crippen molar-refractivity contribution in [3.8, 4) is 0 Å². The van der Waals surface area contributed by atoms with Crippen LogP contribution in [0.1, 0.15) is 13.8 Å². The minimum atomic E-state index is -0.199. The molecule has 1 aromatic rings. The molecule has 1 unspecified atom stereocenters. The van der Waals surface area contributed by atoms with E-state index in [1.165, 1.54) is 0 Å². The Balaban J connectivity index is 2.58. The van der Waals surface area contributed by atoms with Gasteiger partial charge in [-0.2, -0.15) is 0 Å². The van der Waals surface area contributed by atoms with Gasteiger partial charge in [-0.05, 0) is 12.1 Å². The summed E-state index contributed by atoms with van der Waals surface area (Å²) in [5.74, 6) is 0.241. The summed E-state index contributed by atoms with van der Waals surface area (Å²) in [7, 11) is 0. The Bertz CT molecular complexity index is 295. The lowest BCUT2D eigenvalue weighted by Gasteiger charge is -2.12. The summed E-state index contributed by atoms with van der Waals surface area (Å²) < 4.78 is 0. The van der Waals surface area contributed by atoms with Crippen molar-refractivity contribution in [2.75, 3.05) is 5.32 Å². The number of benzene rings is 1. The fourth-order valence-electron chi connectivity index (χ4n) is 1.06. The molecule has 0 aliphatic heterocycles. The Labute approximate surface area is 84.3 Å². The zero-order valence-corrected chi connectivity index (χ0v) is 8.66. The Morgan fingerprint density at radius 3 is 2.36 bits per heavy atom. The van der Waals surface area contributed by atoms with E-state index < -0.39 is 0 Å². The van der Waals surface area contributed by atoms with Crippen molar-refractivity contribution < 1.29 is 10.5 Å². The molecule has 0 bridgehead atoms. The molecular weight excluding hydrogens is 176 g/mol. The molecule has 0 aromatic heterocycles. The molecule has 0 saturated carbocycles. The van der Waals surface area contributed by atoms with E-state index in [4.69, 9.17) is 0 Å². The second-order valence-electron chi connectivity index (χ2n) is 3.71. The number of para-hydroxylation sites is 1. The third-order valence-corrected chi connectivity index (χ3v) is 2.18. The SMILES string of the molecule is CC(C)C([NH3+])C(=O)Nc1ccccc1. The summed E-state index contributed by atoms with van der Waals surface area (Å²) in [6.07, 6.45) is 0. The number of amides is 1. The van der Waals surface area contributed by atoms with Crippen LogP contribution in [0, 0.1) is 5.92 Å². The summed E-state index contributed by atoms with van der Waals surface area (Å²) in [6.45, 7) is 3.98. The van der Waals surface area contributed by atoms with Crippen molar-refractivity contribution in [1.29, 1.82) is 0 Å². The Kier molecular flexibility index (Phi) is 3.65. The molecule has 0 aliphatic carbocycles. The van der Waals surface area contributed by atoms with Gasteiger partial charge in [-0.3, -0.25) is 4.79 Å². The first kappa shape index (κ1) is 10.7. The maximum absolute atomic E-state index is 11.6. The minimum Gasteiger partial charge on any atom is -0.347 e. The maximum atomic E-state index is 11.6. The molecule has 0 heterocycles. The third kappa shape index (κ3) is 2.85. The number of hydrogen-bond donors (Lipinski definition) is 2. The van der Waals surface area contributed by atoms with Crippen molar-refractivity contribution in [2.24, 2.45) is 5.92 Å². The van der Waals surface area contributed by atoms with Crippen molar-refractivity contribution in [2.45, 2.75) is 19.9 Å². The molecule has 4 N–H and O–H groups in total. The molecular formula is C11H17N2O+. The highest BCUT2D eigenvalue weighted by Crippen LogP contribution is 2.06. The second kappa shape index (κ2) is 4.77. The molecule has 0 radical (unpaired) electrons. The number of rotatable bonds is 3. The van der Waals surface area contributed by atoms with Crippen LogP contribution in [0.25, 0.3) is 0 Å². The van der Waals surface area contributed by atoms with Crippen LogP contribution in [0.4, 0.5) is 5.69 Å². The maximum Gasteiger partial charge on any atom is 0.282 e. The fourth-order valence-corrected chi connectivity index (χ4v) is 1.06. The van der Waals surface area contributed by atoms with E-state index in [9.17, 15) is 4.79 Å². The van der Waals surface area contributed by atoms with Gasteiger partial charge < -0.3 is 11.1 Å². The van der Waals surface area contributed by atoms with Crippen molar-refractivity contribution in [1.82, 2.24) is 0 Å². The minimum absolute atomic E-state index is 0.0220. The summed E-state index contributed by atoms with van der Waals surface area (Å²) in [6, 6.07) is 9.23. The number of carbonyl (C=O) groups excluding carboxylic acids is 1. The van der Waals surface area contributed by atoms with Gasteiger partial charge in [0.05, 0.1) is 0 Å². The Morgan fingerprint density at radius 2 is 1.86 bits per heavy atom. The third-order valence-electron chi connectivity index (χ3n) is 2.18. The summed E-state index contributed by atoms with van der Waals surface area (Å²) >= 11 is 0. The topological polar surface area (TPSA) is 56.7 Å². The van der Waals surface area contributed by atoms with Crippen molar-refractivity contribution in [3.63, 3.8) is 0 Å². The molecule has 76 valence electrons. The number of quaternary nitrogens is 1. The molecule has 1 atom stereocenters. The van der Waals surface area contributed by atoms with Gasteiger partial charge in [0.25, 0.3) is 5.91 Å². The number of nitrogens with one attached hydrogen (secondary N) is 1. The predicted octanol–water partition coefficient (Wildman–Crippen LogP) is 0.892. The summed E-state index contributed by atoms with van der Waals surface area (Å²) in [5, 5.41) is 2.82. The van der Waals surface area contributed by atoms with Gasteiger partial charge >= 0.3 is 0 Å². The number of carbonyl (C=O) groups is 1. The standard InChI is InChI=1S/C11H16N2O/c1-8(2)10(12)11(14)13-9-6-4-3-5-7-9/h3-8,10H,12H2,1-2H3,(H,13,14)/p+1. The van der Waals surface area contributed by atoms with Crippen LogP contribution >= 0.6 is 0 Å². The zero-order chi connectivity index (χ0) is 10.6. The van der Waals surface area contributed by atoms with Crippen LogP contribution in [0.3, 0.4) is 0 Å². The van der Waals surface area contributed by atoms with Gasteiger partial charge in [-0.1, -0.05) is 32.0 Å². The normalized spacial score (nSPS) is 12.6. The van der Waals surface area contributed by atoms with Crippen molar-refractivity contribution >= 4 is 11.6 Å². The fraction of sp³-hybridized carbons (Fsp3) is 0.364. The molecule has 0 spiro atoms. The molecule has 0 aliphatic rings. The first-order valence-corrected chi connectivity index (χ1v) is 4.80. The predicted molar refractivity (Wildman–Crippen MR) is 56.6 cm³/mol. The quantitative estimate of drug-likeness (QED) is 0.736. The largest absolute Gasteiger partial charge is 0.347 e. The highest BCUT2D eigenvalue weighted by Gasteiger charge is 2.20. The van der Waals surface area contributed by atoms with Gasteiger partial charge in [-0.15, -0.1) is 0 Å². The van der Waals surface area contributed by atoms with Gasteiger partial charge in [0.2, 0.25) is 0 Å². The van der Waals surface area contributed by atoms with Crippen LogP contribution in [0.2, 0.25) is 0 Å². The van der Waals surface area contributed by atoms with Crippen LogP contribution < -0.4 is 11.1 Å². The number of hydrogen-bond acceptors (Lipinski definition) is 1. The molecule has 3 heteroatoms. The van der Waals surface area contributed by atoms with E-state index in [2.05, 4.69) is 11.1 Å². The monoisotopic (exact) mass is 193 g/mol. The van der Waals surface area contributed by atoms with E-state index in [0.29, 0.717) is 0 Å². The first-order chi connectivity index (χ1) is 6.61. The average molecular weight is 193 g/mol. The lowest BCUT2D eigenvalue weighted by Crippen LogP contribution is -2.68. The van der Waals surface area contributed by atoms with Crippen LogP contribution in [-0.2, 0) is 4.79 Å². The molecule has 1 aromatic carbocycles. The second-order valence-corrected chi connectivity index (χ2v) is 3.71. The summed E-state index contributed by atoms with van der Waals surface area (Å²) in [5.41, 5.74) is 4.65. The van der Waals surface area contributed by atoms with E-state index in [-0.39, 0.29) is 17.9 Å². The lowest BCUT2D eigenvalue weighted by atomic mass is 10.1. The molecule has 0 fully saturated rings. The average Bonchev–Trinajstić information content (AvgIpc) is 2.18. The van der Waals surface area contributed by atoms with Gasteiger partial charge in [0.1, 0.15) is 0 Å². The van der Waals surface area contributed by atoms with Gasteiger partial charge in [-0.25, -0.2) is 0 Å². The van der Waals surface area contributed by atoms with E-state index >= 15 is 0 Å². The van der Waals surface area contributed by atoms with Crippen LogP contribution in [0.5, 0.6) is 0 Å². The summed E-state index contributed by atoms with van der Waals surface area (Å²) in [4.78, 5) is 11.6. The molecule has 14 heavy (non-hydrogen) atoms. The lowest BCUT2D eigenvalue weighted by molar-refractivity contribution is -0.412. The van der Waals surface area contributed by atoms with Gasteiger partial charge in [0.15, 0.2) is 6.04 Å². The van der Waals surface area contributed by atoms with E-state index in [0.717, 1.165) is 5.69 Å². The van der Waals surface area contributed by atoms with Crippen LogP contribution in [0.15, 0.2) is 30.3 Å². The van der Waals surface area contributed by atoms with Crippen LogP contribution in [-0.4, -0.2) is 11.9 Å². The smallest absolute Gasteiger partial charge is 0.282 e. The molecule has 1 rings (SSSR count). The Morgan fingerprint density at radius 1 is 1.29 bits per heavy atom. The molecule has 0 saturated heterocycles. The van der Waals surface area contributed by atoms with E-state index in [1.807, 2.05) is 44.2 Å². The molecule has 3 nitrogen and oxygen atoms in total. The van der Waals surface area contributed by atoms with Gasteiger partial charge in [0, 0.05) is 11.6 Å².